The first-order chi connectivity index (χ1) is 15.3. The monoisotopic (exact) mass is 436 g/mol. The van der Waals surface area contributed by atoms with Crippen LogP contribution in [-0.2, 0) is 20.7 Å². The minimum atomic E-state index is -1.43. The quantitative estimate of drug-likeness (QED) is 0.375. The fraction of sp³-hybridized carbons (Fsp3) is 0.167. The molecule has 0 bridgehead atoms. The van der Waals surface area contributed by atoms with Crippen LogP contribution in [0.1, 0.15) is 17.2 Å². The molecule has 0 saturated carbocycles. The second-order valence-corrected chi connectivity index (χ2v) is 7.18. The lowest BCUT2D eigenvalue weighted by molar-refractivity contribution is -0.156. The highest BCUT2D eigenvalue weighted by Crippen LogP contribution is 2.24. The number of hydrogen-bond donors (Lipinski definition) is 4. The second kappa shape index (κ2) is 10.4. The topological polar surface area (TPSA) is 145 Å². The van der Waals surface area contributed by atoms with Gasteiger partial charge in [0.15, 0.2) is 6.10 Å². The van der Waals surface area contributed by atoms with Crippen LogP contribution in [0.25, 0.3) is 0 Å². The Hall–Kier alpha value is -3.88. The fourth-order valence-electron chi connectivity index (χ4n) is 3.01. The molecule has 6 N–H and O–H groups in total. The maximum Gasteiger partial charge on any atom is 0.324 e. The van der Waals surface area contributed by atoms with Crippen LogP contribution in [0.4, 0.5) is 0 Å². The van der Waals surface area contributed by atoms with E-state index in [1.54, 1.807) is 66.7 Å². The Labute approximate surface area is 185 Å². The predicted molar refractivity (Wildman–Crippen MR) is 117 cm³/mol. The molecule has 1 unspecified atom stereocenters. The third-order valence-electron chi connectivity index (χ3n) is 4.74. The molecule has 166 valence electrons. The zero-order chi connectivity index (χ0) is 23.1. The molecule has 0 radical (unpaired) electrons. The predicted octanol–water partition coefficient (Wildman–Crippen LogP) is 2.75. The Morgan fingerprint density at radius 3 is 1.97 bits per heavy atom. The number of carboxylic acid groups (broad SMARTS) is 1. The number of esters is 1. The van der Waals surface area contributed by atoms with Gasteiger partial charge < -0.3 is 31.2 Å². The molecular formula is C24H24N2O6. The van der Waals surface area contributed by atoms with E-state index in [2.05, 4.69) is 0 Å². The van der Waals surface area contributed by atoms with E-state index in [0.29, 0.717) is 17.1 Å². The molecule has 3 aromatic carbocycles. The summed E-state index contributed by atoms with van der Waals surface area (Å²) < 4.78 is 11.1. The molecule has 0 aliphatic heterocycles. The van der Waals surface area contributed by atoms with Gasteiger partial charge in [-0.15, -0.1) is 0 Å². The molecular weight excluding hydrogens is 412 g/mol. The van der Waals surface area contributed by atoms with Crippen molar-refractivity contribution in [3.05, 3.63) is 90.0 Å². The van der Waals surface area contributed by atoms with Crippen LogP contribution in [0.2, 0.25) is 0 Å². The smallest absolute Gasteiger partial charge is 0.324 e. The van der Waals surface area contributed by atoms with Crippen LogP contribution < -0.4 is 16.2 Å². The Morgan fingerprint density at radius 1 is 0.844 bits per heavy atom. The van der Waals surface area contributed by atoms with Crippen LogP contribution >= 0.6 is 0 Å². The number of carboxylic acids is 1. The normalized spacial score (nSPS) is 13.6. The molecule has 0 fully saturated rings. The van der Waals surface area contributed by atoms with Gasteiger partial charge in [0.1, 0.15) is 29.3 Å². The first-order valence-electron chi connectivity index (χ1n) is 9.88. The summed E-state index contributed by atoms with van der Waals surface area (Å²) in [6, 6.07) is 19.3. The van der Waals surface area contributed by atoms with Crippen molar-refractivity contribution in [2.45, 2.75) is 24.6 Å². The molecule has 0 aliphatic carbocycles. The van der Waals surface area contributed by atoms with Crippen molar-refractivity contribution in [2.75, 3.05) is 0 Å². The average molecular weight is 436 g/mol. The first kappa shape index (κ1) is 22.8. The summed E-state index contributed by atoms with van der Waals surface area (Å²) in [6.07, 6.45) is -0.976. The van der Waals surface area contributed by atoms with Gasteiger partial charge >= 0.3 is 11.9 Å². The minimum Gasteiger partial charge on any atom is -0.508 e. The Morgan fingerprint density at radius 2 is 1.41 bits per heavy atom. The molecule has 0 saturated heterocycles. The standard InChI is InChI=1S/C24H24N2O6/c25-20(24(30)32-22(21(26)23(28)29)16-4-2-1-3-5-16)14-15-6-10-18(11-7-15)31-19-12-8-17(27)9-13-19/h1-13,20-22,27H,14,25-26H2,(H,28,29)/t20-,21-,22?/m0/s1. The van der Waals surface area contributed by atoms with Gasteiger partial charge in [0, 0.05) is 0 Å². The van der Waals surface area contributed by atoms with E-state index in [9.17, 15) is 19.8 Å². The number of phenols is 1. The van der Waals surface area contributed by atoms with E-state index < -0.39 is 30.1 Å². The highest BCUT2D eigenvalue weighted by atomic mass is 16.5. The third kappa shape index (κ3) is 6.07. The number of carbonyl (C=O) groups excluding carboxylic acids is 1. The number of rotatable bonds is 9. The summed E-state index contributed by atoms with van der Waals surface area (Å²) in [7, 11) is 0. The van der Waals surface area contributed by atoms with Gasteiger partial charge in [-0.1, -0.05) is 42.5 Å². The Bertz CT molecular complexity index is 1040. The molecule has 0 aromatic heterocycles. The maximum atomic E-state index is 12.6. The summed E-state index contributed by atoms with van der Waals surface area (Å²) in [6.45, 7) is 0. The fourth-order valence-corrected chi connectivity index (χ4v) is 3.01. The number of phenolic OH excluding ortho intramolecular Hbond substituents is 1. The van der Waals surface area contributed by atoms with Crippen molar-refractivity contribution in [3.8, 4) is 17.2 Å². The highest BCUT2D eigenvalue weighted by molar-refractivity contribution is 5.78. The van der Waals surface area contributed by atoms with Gasteiger partial charge in [-0.05, 0) is 53.9 Å². The van der Waals surface area contributed by atoms with Gasteiger partial charge in [0.05, 0.1) is 0 Å². The van der Waals surface area contributed by atoms with Crippen molar-refractivity contribution in [1.29, 1.82) is 0 Å². The summed E-state index contributed by atoms with van der Waals surface area (Å²) in [4.78, 5) is 23.9. The van der Waals surface area contributed by atoms with Crippen LogP contribution in [0.3, 0.4) is 0 Å². The van der Waals surface area contributed by atoms with E-state index in [1.807, 2.05) is 0 Å². The van der Waals surface area contributed by atoms with Gasteiger partial charge in [0.25, 0.3) is 0 Å². The molecule has 0 amide bonds. The molecule has 8 nitrogen and oxygen atoms in total. The van der Waals surface area contributed by atoms with Crippen molar-refractivity contribution in [1.82, 2.24) is 0 Å². The van der Waals surface area contributed by atoms with Gasteiger partial charge in [0.2, 0.25) is 0 Å². The Kier molecular flexibility index (Phi) is 7.43. The van der Waals surface area contributed by atoms with Crippen LogP contribution in [0.5, 0.6) is 17.2 Å². The molecule has 0 spiro atoms. The summed E-state index contributed by atoms with van der Waals surface area (Å²) in [5.41, 5.74) is 13.0. The van der Waals surface area contributed by atoms with E-state index in [0.717, 1.165) is 5.56 Å². The third-order valence-corrected chi connectivity index (χ3v) is 4.74. The molecule has 0 aliphatic rings. The lowest BCUT2D eigenvalue weighted by Crippen LogP contribution is -2.42. The first-order valence-corrected chi connectivity index (χ1v) is 9.88. The largest absolute Gasteiger partial charge is 0.508 e. The molecule has 3 atom stereocenters. The lowest BCUT2D eigenvalue weighted by Gasteiger charge is -2.23. The zero-order valence-corrected chi connectivity index (χ0v) is 17.1. The Balaban J connectivity index is 1.62. The zero-order valence-electron chi connectivity index (χ0n) is 17.1. The van der Waals surface area contributed by atoms with Crippen LogP contribution in [0, 0.1) is 0 Å². The summed E-state index contributed by atoms with van der Waals surface area (Å²) in [5.74, 6) is -0.749. The van der Waals surface area contributed by atoms with Crippen LogP contribution in [-0.4, -0.2) is 34.2 Å². The average Bonchev–Trinajstić information content (AvgIpc) is 2.80. The molecule has 3 rings (SSSR count). The van der Waals surface area contributed by atoms with Crippen molar-refractivity contribution >= 4 is 11.9 Å². The maximum absolute atomic E-state index is 12.6. The van der Waals surface area contributed by atoms with Gasteiger partial charge in [-0.2, -0.15) is 0 Å². The van der Waals surface area contributed by atoms with Crippen molar-refractivity contribution in [2.24, 2.45) is 11.5 Å². The lowest BCUT2D eigenvalue weighted by atomic mass is 10.0. The molecule has 0 heterocycles. The van der Waals surface area contributed by atoms with Gasteiger partial charge in [-0.25, -0.2) is 0 Å². The van der Waals surface area contributed by atoms with E-state index >= 15 is 0 Å². The summed E-state index contributed by atoms with van der Waals surface area (Å²) in [5, 5.41) is 18.6. The number of nitrogens with two attached hydrogens (primary N) is 2. The molecule has 32 heavy (non-hydrogen) atoms. The minimum absolute atomic E-state index is 0.146. The van der Waals surface area contributed by atoms with Crippen LogP contribution in [0.15, 0.2) is 78.9 Å². The second-order valence-electron chi connectivity index (χ2n) is 7.18. The van der Waals surface area contributed by atoms with Crippen molar-refractivity contribution < 1.29 is 29.3 Å². The highest BCUT2D eigenvalue weighted by Gasteiger charge is 2.31. The SMILES string of the molecule is N[C@H](C(=O)O)C(OC(=O)[C@@H](N)Cc1ccc(Oc2ccc(O)cc2)cc1)c1ccccc1. The number of carbonyl (C=O) groups is 2. The number of hydrogen-bond acceptors (Lipinski definition) is 7. The number of aromatic hydroxyl groups is 1. The van der Waals surface area contributed by atoms with E-state index in [1.165, 1.54) is 12.1 Å². The van der Waals surface area contributed by atoms with E-state index in [4.69, 9.17) is 20.9 Å². The van der Waals surface area contributed by atoms with Gasteiger partial charge in [-0.3, -0.25) is 9.59 Å². The molecule has 8 heteroatoms. The van der Waals surface area contributed by atoms with Crippen molar-refractivity contribution in [3.63, 3.8) is 0 Å². The number of ether oxygens (including phenoxy) is 2. The van der Waals surface area contributed by atoms with E-state index in [-0.39, 0.29) is 12.2 Å². The number of aliphatic carboxylic acids is 1. The number of benzene rings is 3. The molecule has 3 aromatic rings. The summed E-state index contributed by atoms with van der Waals surface area (Å²) >= 11 is 0.